The molecule has 0 aliphatic carbocycles. The number of nitrogens with two attached hydrogens (primary N) is 2. The molecule has 2 aromatic rings. The summed E-state index contributed by atoms with van der Waals surface area (Å²) in [5.74, 6) is -3.01. The summed E-state index contributed by atoms with van der Waals surface area (Å²) >= 11 is 0. The number of carboxylic acids is 1. The number of aryl methyl sites for hydroxylation is 1. The number of benzene rings is 2. The molecule has 6 nitrogen and oxygen atoms in total. The van der Waals surface area contributed by atoms with E-state index >= 15 is 0 Å². The topological polar surface area (TPSA) is 127 Å². The van der Waals surface area contributed by atoms with Gasteiger partial charge in [-0.05, 0) is 36.0 Å². The molecule has 0 saturated carbocycles. The van der Waals surface area contributed by atoms with Gasteiger partial charge >= 0.3 is 5.97 Å². The maximum absolute atomic E-state index is 12.7. The van der Waals surface area contributed by atoms with Gasteiger partial charge in [0.2, 0.25) is 7.37 Å². The van der Waals surface area contributed by atoms with Gasteiger partial charge in [0.25, 0.3) is 0 Å². The van der Waals surface area contributed by atoms with Crippen LogP contribution in [0.4, 0.5) is 0 Å². The third-order valence-corrected chi connectivity index (χ3v) is 6.92. The van der Waals surface area contributed by atoms with E-state index in [0.29, 0.717) is 19.4 Å². The van der Waals surface area contributed by atoms with Crippen molar-refractivity contribution in [3.63, 3.8) is 0 Å². The predicted molar refractivity (Wildman–Crippen MR) is 107 cm³/mol. The van der Waals surface area contributed by atoms with Crippen molar-refractivity contribution in [3.05, 3.63) is 71.3 Å². The number of aliphatic carboxylic acids is 1. The molecule has 0 aliphatic rings. The Bertz CT molecular complexity index is 780. The molecule has 0 aliphatic heterocycles. The molecule has 27 heavy (non-hydrogen) atoms. The molecule has 0 heterocycles. The van der Waals surface area contributed by atoms with Crippen LogP contribution < -0.4 is 11.5 Å². The largest absolute Gasteiger partial charge is 0.481 e. The maximum atomic E-state index is 12.7. The molecule has 0 aromatic heterocycles. The van der Waals surface area contributed by atoms with Crippen LogP contribution in [0.2, 0.25) is 0 Å². The molecule has 1 unspecified atom stereocenters. The van der Waals surface area contributed by atoms with Gasteiger partial charge in [0.05, 0.1) is 11.7 Å². The molecule has 3 atom stereocenters. The lowest BCUT2D eigenvalue weighted by atomic mass is 10.00. The number of rotatable bonds is 10. The molecule has 0 fully saturated rings. The molecule has 0 bridgehead atoms. The highest BCUT2D eigenvalue weighted by Gasteiger charge is 2.34. The first kappa shape index (κ1) is 21.3. The number of carbonyl (C=O) groups is 1. The SMILES string of the molecule is NCc1ccc(C[C@H](CP(=O)(O)[C@@H](N)CCc2ccccc2)C(=O)O)cc1. The average Bonchev–Trinajstić information content (AvgIpc) is 2.66. The third kappa shape index (κ3) is 6.60. The fraction of sp³-hybridized carbons (Fsp3) is 0.350. The van der Waals surface area contributed by atoms with Crippen molar-refractivity contribution in [2.45, 2.75) is 31.6 Å². The van der Waals surface area contributed by atoms with Crippen molar-refractivity contribution < 1.29 is 19.4 Å². The normalized spacial score (nSPS) is 15.7. The first-order chi connectivity index (χ1) is 12.8. The van der Waals surface area contributed by atoms with Crippen molar-refractivity contribution in [1.82, 2.24) is 0 Å². The Hall–Kier alpha value is -1.98. The van der Waals surface area contributed by atoms with E-state index in [2.05, 4.69) is 0 Å². The van der Waals surface area contributed by atoms with E-state index in [1.54, 1.807) is 12.1 Å². The molecule has 0 amide bonds. The molecule has 0 radical (unpaired) electrons. The highest BCUT2D eigenvalue weighted by Crippen LogP contribution is 2.47. The smallest absolute Gasteiger partial charge is 0.307 e. The second-order valence-electron chi connectivity index (χ2n) is 6.79. The van der Waals surface area contributed by atoms with Gasteiger partial charge in [0.1, 0.15) is 0 Å². The summed E-state index contributed by atoms with van der Waals surface area (Å²) in [6, 6.07) is 16.8. The van der Waals surface area contributed by atoms with Crippen molar-refractivity contribution in [1.29, 1.82) is 0 Å². The molecule has 0 spiro atoms. The van der Waals surface area contributed by atoms with Gasteiger partial charge in [-0.2, -0.15) is 0 Å². The van der Waals surface area contributed by atoms with Crippen LogP contribution >= 0.6 is 7.37 Å². The zero-order valence-electron chi connectivity index (χ0n) is 15.2. The molecule has 6 N–H and O–H groups in total. The van der Waals surface area contributed by atoms with Crippen molar-refractivity contribution in [2.75, 3.05) is 6.16 Å². The van der Waals surface area contributed by atoms with Crippen molar-refractivity contribution in [2.24, 2.45) is 17.4 Å². The Morgan fingerprint density at radius 2 is 1.59 bits per heavy atom. The Kier molecular flexibility index (Phi) is 7.75. The molecule has 2 aromatic carbocycles. The molecule has 2 rings (SSSR count). The number of carboxylic acid groups (broad SMARTS) is 1. The maximum Gasteiger partial charge on any atom is 0.307 e. The second kappa shape index (κ2) is 9.81. The summed E-state index contributed by atoms with van der Waals surface area (Å²) in [5.41, 5.74) is 14.3. The molecular formula is C20H27N2O4P. The minimum atomic E-state index is -3.81. The Morgan fingerprint density at radius 1 is 1.00 bits per heavy atom. The minimum absolute atomic E-state index is 0.177. The Morgan fingerprint density at radius 3 is 2.15 bits per heavy atom. The van der Waals surface area contributed by atoms with Crippen molar-refractivity contribution in [3.8, 4) is 0 Å². The van der Waals surface area contributed by atoms with Gasteiger partial charge in [-0.1, -0.05) is 54.6 Å². The van der Waals surface area contributed by atoms with Crippen LogP contribution in [-0.2, 0) is 28.7 Å². The van der Waals surface area contributed by atoms with E-state index < -0.39 is 25.0 Å². The number of hydrogen-bond donors (Lipinski definition) is 4. The van der Waals surface area contributed by atoms with Gasteiger partial charge in [0, 0.05) is 12.7 Å². The van der Waals surface area contributed by atoms with E-state index in [4.69, 9.17) is 11.5 Å². The molecule has 7 heteroatoms. The first-order valence-corrected chi connectivity index (χ1v) is 10.8. The van der Waals surface area contributed by atoms with Gasteiger partial charge in [-0.25, -0.2) is 0 Å². The summed E-state index contributed by atoms with van der Waals surface area (Å²) in [7, 11) is -3.81. The van der Waals surface area contributed by atoms with E-state index in [1.807, 2.05) is 42.5 Å². The van der Waals surface area contributed by atoms with E-state index in [9.17, 15) is 19.4 Å². The first-order valence-electron chi connectivity index (χ1n) is 8.93. The Labute approximate surface area is 159 Å². The quantitative estimate of drug-likeness (QED) is 0.462. The lowest BCUT2D eigenvalue weighted by Crippen LogP contribution is -2.28. The molecule has 146 valence electrons. The van der Waals surface area contributed by atoms with Crippen LogP contribution in [0.3, 0.4) is 0 Å². The average molecular weight is 390 g/mol. The van der Waals surface area contributed by atoms with Crippen LogP contribution in [0.1, 0.15) is 23.1 Å². The van der Waals surface area contributed by atoms with E-state index in [1.165, 1.54) is 0 Å². The predicted octanol–water partition coefficient (Wildman–Crippen LogP) is 2.58. The summed E-state index contributed by atoms with van der Waals surface area (Å²) in [5, 5.41) is 9.50. The van der Waals surface area contributed by atoms with E-state index in [-0.39, 0.29) is 12.6 Å². The summed E-state index contributed by atoms with van der Waals surface area (Å²) in [4.78, 5) is 22.0. The summed E-state index contributed by atoms with van der Waals surface area (Å²) in [6.07, 6.45) is 0.743. The second-order valence-corrected chi connectivity index (χ2v) is 9.33. The van der Waals surface area contributed by atoms with Crippen LogP contribution in [0.15, 0.2) is 54.6 Å². The lowest BCUT2D eigenvalue weighted by Gasteiger charge is -2.22. The molecule has 0 saturated heterocycles. The fourth-order valence-electron chi connectivity index (χ4n) is 2.94. The van der Waals surface area contributed by atoms with Crippen LogP contribution in [0.25, 0.3) is 0 Å². The standard InChI is InChI=1S/C20H27N2O4P/c21-13-17-8-6-16(7-9-17)12-18(20(23)24)14-27(25,26)19(22)11-10-15-4-2-1-3-5-15/h1-9,18-19H,10-14,21-22H2,(H,23,24)(H,25,26)/t18-,19-/m1/s1. The van der Waals surface area contributed by atoms with Crippen molar-refractivity contribution >= 4 is 13.3 Å². The highest BCUT2D eigenvalue weighted by atomic mass is 31.2. The lowest BCUT2D eigenvalue weighted by molar-refractivity contribution is -0.141. The fourth-order valence-corrected chi connectivity index (χ4v) is 4.66. The van der Waals surface area contributed by atoms with Gasteiger partial charge in [0.15, 0.2) is 0 Å². The minimum Gasteiger partial charge on any atom is -0.481 e. The zero-order chi connectivity index (χ0) is 19.9. The van der Waals surface area contributed by atoms with Gasteiger partial charge in [-0.15, -0.1) is 0 Å². The zero-order valence-corrected chi connectivity index (χ0v) is 16.1. The molecular weight excluding hydrogens is 363 g/mol. The van der Waals surface area contributed by atoms with Gasteiger partial charge < -0.3 is 21.5 Å². The number of hydrogen-bond acceptors (Lipinski definition) is 4. The monoisotopic (exact) mass is 390 g/mol. The van der Waals surface area contributed by atoms with Crippen LogP contribution in [-0.4, -0.2) is 27.9 Å². The van der Waals surface area contributed by atoms with Crippen LogP contribution in [0, 0.1) is 5.92 Å². The summed E-state index contributed by atoms with van der Waals surface area (Å²) in [6.45, 7) is 0.407. The highest BCUT2D eigenvalue weighted by molar-refractivity contribution is 7.58. The Balaban J connectivity index is 1.99. The summed E-state index contributed by atoms with van der Waals surface area (Å²) < 4.78 is 12.7. The van der Waals surface area contributed by atoms with E-state index in [0.717, 1.165) is 16.7 Å². The van der Waals surface area contributed by atoms with Crippen LogP contribution in [0.5, 0.6) is 0 Å². The van der Waals surface area contributed by atoms with Gasteiger partial charge in [-0.3, -0.25) is 9.36 Å². The third-order valence-electron chi connectivity index (χ3n) is 4.66.